The first kappa shape index (κ1) is 19.4. The summed E-state index contributed by atoms with van der Waals surface area (Å²) in [5.74, 6) is -1.48. The third-order valence-corrected chi connectivity index (χ3v) is 1.89. The van der Waals surface area contributed by atoms with Crippen LogP contribution < -0.4 is 0 Å². The molecule has 0 bridgehead atoms. The minimum absolute atomic E-state index is 0.193. The molecule has 0 aromatic carbocycles. The molecule has 0 fully saturated rings. The molecule has 0 spiro atoms. The molecule has 108 valence electrons. The summed E-state index contributed by atoms with van der Waals surface area (Å²) in [4.78, 5) is 25.3. The normalized spacial score (nSPS) is 11.7. The van der Waals surface area contributed by atoms with Gasteiger partial charge in [0.25, 0.3) is 0 Å². The number of rotatable bonds is 6. The van der Waals surface area contributed by atoms with E-state index < -0.39 is 18.2 Å². The highest BCUT2D eigenvalue weighted by atomic mass is 19.3. The predicted molar refractivity (Wildman–Crippen MR) is 71.8 cm³/mol. The van der Waals surface area contributed by atoms with Gasteiger partial charge in [0.05, 0.1) is 12.7 Å². The Kier molecular flexibility index (Phi) is 12.8. The zero-order valence-electron chi connectivity index (χ0n) is 12.0. The molecule has 0 aliphatic rings. The summed E-state index contributed by atoms with van der Waals surface area (Å²) in [6.07, 6.45) is 5.74. The summed E-state index contributed by atoms with van der Waals surface area (Å²) >= 11 is 0. The summed E-state index contributed by atoms with van der Waals surface area (Å²) in [5, 5.41) is 0. The van der Waals surface area contributed by atoms with E-state index in [4.69, 9.17) is 4.74 Å². The molecule has 0 atom stereocenters. The molecule has 19 heavy (non-hydrogen) atoms. The number of ether oxygens (including phenoxy) is 1. The first-order valence-corrected chi connectivity index (χ1v) is 5.98. The molecular weight excluding hydrogens is 251 g/mol. The van der Waals surface area contributed by atoms with Crippen LogP contribution in [0.3, 0.4) is 0 Å². The fourth-order valence-electron chi connectivity index (χ4n) is 1.14. The number of carbonyl (C=O) groups excluding carboxylic acids is 2. The fourth-order valence-corrected chi connectivity index (χ4v) is 1.14. The van der Waals surface area contributed by atoms with Crippen LogP contribution in [0.5, 0.6) is 0 Å². The molecule has 0 aromatic rings. The van der Waals surface area contributed by atoms with E-state index in [1.807, 2.05) is 13.8 Å². The van der Waals surface area contributed by atoms with E-state index in [1.165, 1.54) is 13.2 Å². The minimum atomic E-state index is -1.23. The first-order valence-electron chi connectivity index (χ1n) is 5.98. The Labute approximate surface area is 113 Å². The van der Waals surface area contributed by atoms with E-state index in [-0.39, 0.29) is 5.57 Å². The van der Waals surface area contributed by atoms with E-state index in [2.05, 4.69) is 4.94 Å². The number of methoxy groups -OCH3 is 1. The molecule has 5 heteroatoms. The highest BCUT2D eigenvalue weighted by Crippen LogP contribution is 2.14. The number of allylic oxidation sites excluding steroid dienone is 5. The molecule has 0 amide bonds. The van der Waals surface area contributed by atoms with Crippen LogP contribution >= 0.6 is 0 Å². The summed E-state index contributed by atoms with van der Waals surface area (Å²) < 4.78 is 16.5. The zero-order valence-corrected chi connectivity index (χ0v) is 12.0. The summed E-state index contributed by atoms with van der Waals surface area (Å²) in [5.41, 5.74) is 0.193. The molecule has 0 rings (SSSR count). The quantitative estimate of drug-likeness (QED) is 0.321. The molecule has 0 aliphatic carbocycles. The number of Topliss-reactive ketones (excluding diaryl/α,β-unsaturated/α-hetero) is 1. The maximum absolute atomic E-state index is 11.7. The Hall–Kier alpha value is -1.91. The standard InChI is InChI=1S/C12H15FO4.C2H6/c1-4-6-7-9(11(5-2)16-3)10(14)8-12(15)17-13;1-2/h4-7H,8H2,1-3H3;1-2H3/b6-4-,9-7-,11-5+;. The van der Waals surface area contributed by atoms with Crippen LogP contribution in [0.25, 0.3) is 0 Å². The van der Waals surface area contributed by atoms with Crippen molar-refractivity contribution < 1.29 is 23.8 Å². The summed E-state index contributed by atoms with van der Waals surface area (Å²) in [6, 6.07) is 0. The lowest BCUT2D eigenvalue weighted by atomic mass is 10.1. The van der Waals surface area contributed by atoms with Crippen LogP contribution in [0.2, 0.25) is 0 Å². The highest BCUT2D eigenvalue weighted by molar-refractivity contribution is 6.07. The van der Waals surface area contributed by atoms with Crippen LogP contribution in [-0.4, -0.2) is 18.9 Å². The second kappa shape index (κ2) is 12.5. The Morgan fingerprint density at radius 1 is 1.21 bits per heavy atom. The summed E-state index contributed by atoms with van der Waals surface area (Å²) in [7, 11) is 1.40. The van der Waals surface area contributed by atoms with Gasteiger partial charge in [-0.1, -0.05) is 26.0 Å². The van der Waals surface area contributed by atoms with Gasteiger partial charge in [0, 0.05) is 4.53 Å². The van der Waals surface area contributed by atoms with Crippen LogP contribution in [0, 0.1) is 0 Å². The molecular formula is C14H21FO4. The molecule has 0 unspecified atom stereocenters. The number of ketones is 1. The minimum Gasteiger partial charge on any atom is -0.496 e. The van der Waals surface area contributed by atoms with E-state index >= 15 is 0 Å². The Morgan fingerprint density at radius 2 is 1.79 bits per heavy atom. The smallest absolute Gasteiger partial charge is 0.356 e. The zero-order chi connectivity index (χ0) is 15.3. The van der Waals surface area contributed by atoms with Crippen molar-refractivity contribution in [3.8, 4) is 0 Å². The van der Waals surface area contributed by atoms with Gasteiger partial charge in [0.1, 0.15) is 12.2 Å². The number of hydrogen-bond donors (Lipinski definition) is 0. The lowest BCUT2D eigenvalue weighted by Gasteiger charge is -2.08. The van der Waals surface area contributed by atoms with Crippen molar-refractivity contribution >= 4 is 11.8 Å². The Bertz CT molecular complexity index is 368. The predicted octanol–water partition coefficient (Wildman–Crippen LogP) is 3.45. The lowest BCUT2D eigenvalue weighted by molar-refractivity contribution is -0.183. The first-order chi connectivity index (χ1) is 9.10. The SMILES string of the molecule is CC.C\C=C/C=C(C(=O)CC(=O)OF)\C(=C/C)OC. The molecule has 0 saturated heterocycles. The van der Waals surface area contributed by atoms with Crippen LogP contribution in [0.15, 0.2) is 35.6 Å². The van der Waals surface area contributed by atoms with Crippen LogP contribution in [-0.2, 0) is 19.3 Å². The van der Waals surface area contributed by atoms with Gasteiger partial charge in [-0.05, 0) is 26.0 Å². The highest BCUT2D eigenvalue weighted by Gasteiger charge is 2.19. The van der Waals surface area contributed by atoms with Crippen molar-refractivity contribution in [3.05, 3.63) is 35.6 Å². The van der Waals surface area contributed by atoms with Gasteiger partial charge in [-0.15, -0.1) is 0 Å². The van der Waals surface area contributed by atoms with Crippen molar-refractivity contribution in [1.82, 2.24) is 0 Å². The number of hydrogen-bond acceptors (Lipinski definition) is 4. The van der Waals surface area contributed by atoms with Gasteiger partial charge in [-0.2, -0.15) is 0 Å². The maximum Gasteiger partial charge on any atom is 0.356 e. The molecule has 0 radical (unpaired) electrons. The van der Waals surface area contributed by atoms with E-state index in [9.17, 15) is 14.1 Å². The molecule has 0 aromatic heterocycles. The third kappa shape index (κ3) is 7.91. The van der Waals surface area contributed by atoms with Gasteiger partial charge in [-0.3, -0.25) is 9.74 Å². The molecule has 0 aliphatic heterocycles. The Morgan fingerprint density at radius 3 is 2.16 bits per heavy atom. The monoisotopic (exact) mass is 272 g/mol. The maximum atomic E-state index is 11.7. The van der Waals surface area contributed by atoms with E-state index in [0.29, 0.717) is 5.76 Å². The van der Waals surface area contributed by atoms with E-state index in [0.717, 1.165) is 0 Å². The van der Waals surface area contributed by atoms with Gasteiger partial charge >= 0.3 is 5.97 Å². The van der Waals surface area contributed by atoms with Gasteiger partial charge in [-0.25, -0.2) is 4.79 Å². The lowest BCUT2D eigenvalue weighted by Crippen LogP contribution is -2.12. The third-order valence-electron chi connectivity index (χ3n) is 1.89. The topological polar surface area (TPSA) is 52.6 Å². The molecule has 0 heterocycles. The summed E-state index contributed by atoms with van der Waals surface area (Å²) in [6.45, 7) is 7.46. The second-order valence-electron chi connectivity index (χ2n) is 3.01. The molecule has 0 saturated carbocycles. The largest absolute Gasteiger partial charge is 0.496 e. The van der Waals surface area contributed by atoms with Crippen LogP contribution in [0.4, 0.5) is 4.53 Å². The average Bonchev–Trinajstić information content (AvgIpc) is 2.45. The van der Waals surface area contributed by atoms with Crippen molar-refractivity contribution in [2.75, 3.05) is 7.11 Å². The van der Waals surface area contributed by atoms with Crippen LogP contribution in [0.1, 0.15) is 34.1 Å². The number of halogens is 1. The van der Waals surface area contributed by atoms with E-state index in [1.54, 1.807) is 32.1 Å². The Balaban J connectivity index is 0. The molecule has 0 N–H and O–H groups in total. The van der Waals surface area contributed by atoms with Gasteiger partial charge in [0.15, 0.2) is 5.78 Å². The second-order valence-corrected chi connectivity index (χ2v) is 3.01. The van der Waals surface area contributed by atoms with Crippen molar-refractivity contribution in [1.29, 1.82) is 0 Å². The average molecular weight is 272 g/mol. The van der Waals surface area contributed by atoms with Crippen molar-refractivity contribution in [2.24, 2.45) is 0 Å². The van der Waals surface area contributed by atoms with Crippen molar-refractivity contribution in [3.63, 3.8) is 0 Å². The number of carbonyl (C=O) groups is 2. The van der Waals surface area contributed by atoms with Gasteiger partial charge < -0.3 is 4.74 Å². The van der Waals surface area contributed by atoms with Gasteiger partial charge in [0.2, 0.25) is 0 Å². The fraction of sp³-hybridized carbons (Fsp3) is 0.429. The molecule has 4 nitrogen and oxygen atoms in total. The van der Waals surface area contributed by atoms with Crippen molar-refractivity contribution in [2.45, 2.75) is 34.1 Å².